The lowest BCUT2D eigenvalue weighted by atomic mass is 9.74. The van der Waals surface area contributed by atoms with Crippen LogP contribution in [0.5, 0.6) is 0 Å². The highest BCUT2D eigenvalue weighted by atomic mass is 79.9. The van der Waals surface area contributed by atoms with Crippen LogP contribution in [0.25, 0.3) is 0 Å². The van der Waals surface area contributed by atoms with Crippen molar-refractivity contribution in [2.24, 2.45) is 5.92 Å². The van der Waals surface area contributed by atoms with E-state index in [0.29, 0.717) is 0 Å². The van der Waals surface area contributed by atoms with E-state index in [4.69, 9.17) is 0 Å². The van der Waals surface area contributed by atoms with Gasteiger partial charge in [-0.3, -0.25) is 0 Å². The molecule has 2 atom stereocenters. The number of alkyl halides is 3. The largest absolute Gasteiger partial charge is 0.391 e. The lowest BCUT2D eigenvalue weighted by Gasteiger charge is -2.38. The Morgan fingerprint density at radius 1 is 1.32 bits per heavy atom. The Kier molecular flexibility index (Phi) is 3.93. The van der Waals surface area contributed by atoms with E-state index in [1.165, 1.54) is 18.2 Å². The van der Waals surface area contributed by atoms with Crippen LogP contribution in [0.1, 0.15) is 31.2 Å². The molecule has 0 radical (unpaired) electrons. The van der Waals surface area contributed by atoms with E-state index in [1.54, 1.807) is 0 Å². The van der Waals surface area contributed by atoms with E-state index in [2.05, 4.69) is 15.9 Å². The number of hydrogen-bond donors (Lipinski definition) is 1. The fourth-order valence-corrected chi connectivity index (χ4v) is 3.01. The Hall–Kier alpha value is -0.620. The second-order valence-corrected chi connectivity index (χ2v) is 5.82. The van der Waals surface area contributed by atoms with Gasteiger partial charge in [0.1, 0.15) is 5.82 Å². The third-order valence-corrected chi connectivity index (χ3v) is 4.26. The summed E-state index contributed by atoms with van der Waals surface area (Å²) in [7, 11) is 0. The van der Waals surface area contributed by atoms with E-state index in [-0.39, 0.29) is 29.3 Å². The third kappa shape index (κ3) is 2.94. The smallest absolute Gasteiger partial charge is 0.385 e. The molecular formula is C13H13BrF4O. The van der Waals surface area contributed by atoms with E-state index >= 15 is 0 Å². The molecule has 0 saturated heterocycles. The van der Waals surface area contributed by atoms with Crippen LogP contribution >= 0.6 is 15.9 Å². The third-order valence-electron chi connectivity index (χ3n) is 3.64. The Morgan fingerprint density at radius 3 is 2.63 bits per heavy atom. The van der Waals surface area contributed by atoms with E-state index in [9.17, 15) is 22.7 Å². The second kappa shape index (κ2) is 5.05. The zero-order chi connectivity index (χ0) is 14.3. The molecular weight excluding hydrogens is 328 g/mol. The molecule has 1 aliphatic carbocycles. The molecule has 0 aliphatic heterocycles. The van der Waals surface area contributed by atoms with Crippen molar-refractivity contribution in [2.75, 3.05) is 0 Å². The molecule has 1 aromatic carbocycles. The predicted molar refractivity (Wildman–Crippen MR) is 66.0 cm³/mol. The van der Waals surface area contributed by atoms with Crippen LogP contribution in [-0.4, -0.2) is 11.3 Å². The predicted octanol–water partition coefficient (Wildman–Crippen LogP) is 4.53. The van der Waals surface area contributed by atoms with Gasteiger partial charge < -0.3 is 5.11 Å². The number of rotatable bonds is 1. The summed E-state index contributed by atoms with van der Waals surface area (Å²) in [4.78, 5) is 0. The number of halogens is 5. The van der Waals surface area contributed by atoms with Crippen LogP contribution in [0, 0.1) is 11.7 Å². The summed E-state index contributed by atoms with van der Waals surface area (Å²) in [6, 6.07) is 4.31. The molecule has 6 heteroatoms. The summed E-state index contributed by atoms with van der Waals surface area (Å²) >= 11 is 2.98. The molecule has 0 spiro atoms. The molecule has 1 aliphatic rings. The van der Waals surface area contributed by atoms with Gasteiger partial charge in [0, 0.05) is 5.56 Å². The highest BCUT2D eigenvalue weighted by molar-refractivity contribution is 9.10. The molecule has 1 aromatic rings. The van der Waals surface area contributed by atoms with Gasteiger partial charge in [-0.05, 0) is 47.7 Å². The van der Waals surface area contributed by atoms with Crippen LogP contribution in [-0.2, 0) is 5.60 Å². The standard InChI is InChI=1S/C13H13BrF4O/c14-10-5-1-4-9(11(10)15)12(19)6-2-3-8(7-12)13(16,17)18/h1,4-5,8,19H,2-3,6-7H2. The Morgan fingerprint density at radius 2 is 2.00 bits per heavy atom. The van der Waals surface area contributed by atoms with Crippen molar-refractivity contribution < 1.29 is 22.7 Å². The molecule has 1 fully saturated rings. The normalized spacial score (nSPS) is 28.4. The first-order valence-electron chi connectivity index (χ1n) is 5.97. The minimum Gasteiger partial charge on any atom is -0.385 e. The minimum atomic E-state index is -4.35. The summed E-state index contributed by atoms with van der Waals surface area (Å²) < 4.78 is 52.4. The van der Waals surface area contributed by atoms with Crippen molar-refractivity contribution in [1.29, 1.82) is 0 Å². The van der Waals surface area contributed by atoms with Crippen molar-refractivity contribution in [2.45, 2.75) is 37.5 Å². The molecule has 1 saturated carbocycles. The number of hydrogen-bond acceptors (Lipinski definition) is 1. The monoisotopic (exact) mass is 340 g/mol. The second-order valence-electron chi connectivity index (χ2n) is 4.97. The maximum atomic E-state index is 14.0. The minimum absolute atomic E-state index is 0.0125. The fraction of sp³-hybridized carbons (Fsp3) is 0.538. The van der Waals surface area contributed by atoms with Gasteiger partial charge in [-0.2, -0.15) is 13.2 Å². The van der Waals surface area contributed by atoms with Gasteiger partial charge in [0.2, 0.25) is 0 Å². The van der Waals surface area contributed by atoms with Crippen molar-refractivity contribution in [3.63, 3.8) is 0 Å². The summed E-state index contributed by atoms with van der Waals surface area (Å²) in [5, 5.41) is 10.4. The van der Waals surface area contributed by atoms with Crippen LogP contribution in [0.4, 0.5) is 17.6 Å². The lowest BCUT2D eigenvalue weighted by molar-refractivity contribution is -0.202. The molecule has 0 bridgehead atoms. The molecule has 1 nitrogen and oxygen atoms in total. The van der Waals surface area contributed by atoms with Gasteiger partial charge in [0.15, 0.2) is 0 Å². The van der Waals surface area contributed by atoms with Crippen molar-refractivity contribution in [3.8, 4) is 0 Å². The lowest BCUT2D eigenvalue weighted by Crippen LogP contribution is -2.39. The topological polar surface area (TPSA) is 20.2 Å². The maximum absolute atomic E-state index is 14.0. The Labute approximate surface area is 116 Å². The van der Waals surface area contributed by atoms with E-state index in [0.717, 1.165) is 0 Å². The average Bonchev–Trinajstić information content (AvgIpc) is 2.31. The van der Waals surface area contributed by atoms with Gasteiger partial charge in [-0.25, -0.2) is 4.39 Å². The van der Waals surface area contributed by atoms with Crippen molar-refractivity contribution in [1.82, 2.24) is 0 Å². The maximum Gasteiger partial charge on any atom is 0.391 e. The summed E-state index contributed by atoms with van der Waals surface area (Å²) in [6.45, 7) is 0. The van der Waals surface area contributed by atoms with E-state index < -0.39 is 29.9 Å². The first-order chi connectivity index (χ1) is 8.74. The molecule has 19 heavy (non-hydrogen) atoms. The Bertz CT molecular complexity index is 474. The fourth-order valence-electron chi connectivity index (χ4n) is 2.64. The number of aliphatic hydroxyl groups is 1. The first kappa shape index (κ1) is 14.8. The first-order valence-corrected chi connectivity index (χ1v) is 6.77. The SMILES string of the molecule is OC1(c2cccc(Br)c2F)CCCC(C(F)(F)F)C1. The molecule has 2 rings (SSSR count). The van der Waals surface area contributed by atoms with Crippen LogP contribution in [0.3, 0.4) is 0 Å². The van der Waals surface area contributed by atoms with Crippen LogP contribution in [0.15, 0.2) is 22.7 Å². The molecule has 2 unspecified atom stereocenters. The van der Waals surface area contributed by atoms with Gasteiger partial charge in [0.25, 0.3) is 0 Å². The van der Waals surface area contributed by atoms with Gasteiger partial charge >= 0.3 is 6.18 Å². The van der Waals surface area contributed by atoms with Gasteiger partial charge in [0.05, 0.1) is 16.0 Å². The summed E-state index contributed by atoms with van der Waals surface area (Å²) in [5.41, 5.74) is -1.80. The van der Waals surface area contributed by atoms with Crippen molar-refractivity contribution >= 4 is 15.9 Å². The molecule has 0 amide bonds. The Balaban J connectivity index is 2.34. The average molecular weight is 341 g/mol. The number of benzene rings is 1. The summed E-state index contributed by atoms with van der Waals surface area (Å²) in [5.74, 6) is -2.27. The highest BCUT2D eigenvalue weighted by Gasteiger charge is 2.48. The van der Waals surface area contributed by atoms with Crippen LogP contribution in [0.2, 0.25) is 0 Å². The molecule has 0 aromatic heterocycles. The van der Waals surface area contributed by atoms with Gasteiger partial charge in [-0.15, -0.1) is 0 Å². The molecule has 1 N–H and O–H groups in total. The zero-order valence-corrected chi connectivity index (χ0v) is 11.6. The van der Waals surface area contributed by atoms with Gasteiger partial charge in [-0.1, -0.05) is 12.1 Å². The zero-order valence-electron chi connectivity index (χ0n) is 9.97. The van der Waals surface area contributed by atoms with Crippen molar-refractivity contribution in [3.05, 3.63) is 34.1 Å². The molecule has 106 valence electrons. The van der Waals surface area contributed by atoms with E-state index in [1.807, 2.05) is 0 Å². The highest BCUT2D eigenvalue weighted by Crippen LogP contribution is 2.47. The van der Waals surface area contributed by atoms with Crippen LogP contribution < -0.4 is 0 Å². The quantitative estimate of drug-likeness (QED) is 0.745. The molecule has 0 heterocycles. The summed E-state index contributed by atoms with van der Waals surface area (Å²) in [6.07, 6.45) is -4.47.